The highest BCUT2D eigenvalue weighted by molar-refractivity contribution is 5.88. The lowest BCUT2D eigenvalue weighted by Gasteiger charge is -2.21. The van der Waals surface area contributed by atoms with Crippen LogP contribution in [0.4, 0.5) is 0 Å². The number of carbonyl (C=O) groups is 2. The van der Waals surface area contributed by atoms with Crippen molar-refractivity contribution < 1.29 is 19.4 Å². The van der Waals surface area contributed by atoms with Crippen LogP contribution in [0.5, 0.6) is 5.75 Å². The van der Waals surface area contributed by atoms with Crippen molar-refractivity contribution in [3.05, 3.63) is 65.9 Å². The van der Waals surface area contributed by atoms with E-state index in [9.17, 15) is 14.7 Å². The molecule has 2 atom stereocenters. The van der Waals surface area contributed by atoms with Gasteiger partial charge >= 0.3 is 5.97 Å². The number of aromatic nitrogens is 1. The third kappa shape index (κ3) is 5.00. The van der Waals surface area contributed by atoms with Gasteiger partial charge in [0.25, 0.3) is 5.91 Å². The number of hydrogen-bond donors (Lipinski definition) is 3. The first kappa shape index (κ1) is 21.4. The molecule has 2 aromatic carbocycles. The van der Waals surface area contributed by atoms with Crippen molar-refractivity contribution in [2.24, 2.45) is 0 Å². The fourth-order valence-corrected chi connectivity index (χ4v) is 3.30. The number of H-pyrrole nitrogens is 1. The van der Waals surface area contributed by atoms with Gasteiger partial charge < -0.3 is 20.1 Å². The van der Waals surface area contributed by atoms with Crippen molar-refractivity contribution in [2.75, 3.05) is 0 Å². The van der Waals surface area contributed by atoms with E-state index in [2.05, 4.69) is 31.1 Å². The molecule has 30 heavy (non-hydrogen) atoms. The average molecular weight is 408 g/mol. The van der Waals surface area contributed by atoms with Gasteiger partial charge in [0.2, 0.25) is 0 Å². The number of benzene rings is 2. The molecule has 6 nitrogen and oxygen atoms in total. The number of carbonyl (C=O) groups excluding carboxylic acids is 1. The molecule has 3 rings (SSSR count). The van der Waals surface area contributed by atoms with Gasteiger partial charge in [0.15, 0.2) is 6.10 Å². The molecule has 0 aliphatic carbocycles. The molecule has 2 unspecified atom stereocenters. The van der Waals surface area contributed by atoms with Crippen molar-refractivity contribution in [3.63, 3.8) is 0 Å². The predicted octanol–water partition coefficient (Wildman–Crippen LogP) is 4.04. The molecule has 3 aromatic rings. The molecule has 0 aliphatic heterocycles. The minimum atomic E-state index is -1.09. The second-order valence-electron chi connectivity index (χ2n) is 8.50. The summed E-state index contributed by atoms with van der Waals surface area (Å²) in [7, 11) is 0. The lowest BCUT2D eigenvalue weighted by molar-refractivity contribution is -0.142. The molecular weight excluding hydrogens is 380 g/mol. The molecule has 0 fully saturated rings. The normalized spacial score (nSPS) is 13.6. The predicted molar refractivity (Wildman–Crippen MR) is 117 cm³/mol. The molecule has 0 radical (unpaired) electrons. The molecule has 3 N–H and O–H groups in total. The van der Waals surface area contributed by atoms with Crippen LogP contribution >= 0.6 is 0 Å². The maximum atomic E-state index is 12.6. The van der Waals surface area contributed by atoms with E-state index in [-0.39, 0.29) is 11.8 Å². The molecule has 0 saturated heterocycles. The Morgan fingerprint density at radius 2 is 1.77 bits per heavy atom. The number of amides is 1. The lowest BCUT2D eigenvalue weighted by Crippen LogP contribution is -2.47. The van der Waals surface area contributed by atoms with E-state index >= 15 is 0 Å². The Hall–Kier alpha value is -3.28. The van der Waals surface area contributed by atoms with Crippen molar-refractivity contribution in [1.29, 1.82) is 0 Å². The summed E-state index contributed by atoms with van der Waals surface area (Å²) >= 11 is 0. The fraction of sp³-hybridized carbons (Fsp3) is 0.333. The highest BCUT2D eigenvalue weighted by Gasteiger charge is 2.25. The van der Waals surface area contributed by atoms with Crippen LogP contribution in [0.15, 0.2) is 54.7 Å². The Kier molecular flexibility index (Phi) is 6.15. The molecule has 0 bridgehead atoms. The Morgan fingerprint density at radius 1 is 1.10 bits per heavy atom. The van der Waals surface area contributed by atoms with E-state index < -0.39 is 24.0 Å². The number of rotatable bonds is 7. The van der Waals surface area contributed by atoms with E-state index in [1.165, 1.54) is 0 Å². The minimum absolute atomic E-state index is 0.0264. The number of hydrogen-bond acceptors (Lipinski definition) is 3. The zero-order valence-corrected chi connectivity index (χ0v) is 17.7. The number of aliphatic carboxylic acids is 1. The molecule has 0 aliphatic rings. The summed E-state index contributed by atoms with van der Waals surface area (Å²) in [5.41, 5.74) is 2.96. The van der Waals surface area contributed by atoms with Crippen molar-refractivity contribution in [3.8, 4) is 5.75 Å². The maximum absolute atomic E-state index is 12.6. The molecule has 1 amide bonds. The number of carboxylic acids is 1. The molecule has 0 spiro atoms. The van der Waals surface area contributed by atoms with Crippen LogP contribution < -0.4 is 10.1 Å². The van der Waals surface area contributed by atoms with E-state index in [4.69, 9.17) is 4.74 Å². The van der Waals surface area contributed by atoms with E-state index in [0.29, 0.717) is 5.75 Å². The molecule has 1 aromatic heterocycles. The van der Waals surface area contributed by atoms with Gasteiger partial charge in [0, 0.05) is 23.5 Å². The van der Waals surface area contributed by atoms with Crippen LogP contribution in [0, 0.1) is 0 Å². The van der Waals surface area contributed by atoms with Crippen molar-refractivity contribution in [2.45, 2.75) is 51.7 Å². The highest BCUT2D eigenvalue weighted by atomic mass is 16.5. The first-order valence-corrected chi connectivity index (χ1v) is 10.0. The van der Waals surface area contributed by atoms with Gasteiger partial charge in [-0.15, -0.1) is 0 Å². The lowest BCUT2D eigenvalue weighted by atomic mass is 9.87. The summed E-state index contributed by atoms with van der Waals surface area (Å²) in [6.07, 6.45) is 1.14. The number of para-hydroxylation sites is 1. The number of fused-ring (bicyclic) bond motifs is 1. The zero-order chi connectivity index (χ0) is 21.9. The van der Waals surface area contributed by atoms with E-state index in [1.807, 2.05) is 48.5 Å². The van der Waals surface area contributed by atoms with Gasteiger partial charge in [-0.05, 0) is 41.7 Å². The molecule has 158 valence electrons. The second-order valence-corrected chi connectivity index (χ2v) is 8.50. The van der Waals surface area contributed by atoms with Crippen LogP contribution in [0.1, 0.15) is 38.8 Å². The van der Waals surface area contributed by atoms with Gasteiger partial charge in [-0.1, -0.05) is 51.1 Å². The van der Waals surface area contributed by atoms with E-state index in [0.717, 1.165) is 22.0 Å². The van der Waals surface area contributed by atoms with Gasteiger partial charge in [-0.25, -0.2) is 4.79 Å². The van der Waals surface area contributed by atoms with Crippen LogP contribution in [-0.4, -0.2) is 34.1 Å². The SMILES string of the molecule is CC(Oc1ccc(C(C)(C)C)cc1)C(=O)NC(Cc1c[nH]c2ccccc12)C(=O)O. The summed E-state index contributed by atoms with van der Waals surface area (Å²) in [5.74, 6) is -0.994. The van der Waals surface area contributed by atoms with Crippen molar-refractivity contribution >= 4 is 22.8 Å². The first-order chi connectivity index (χ1) is 14.1. The Morgan fingerprint density at radius 3 is 2.40 bits per heavy atom. The summed E-state index contributed by atoms with van der Waals surface area (Å²) < 4.78 is 5.72. The topological polar surface area (TPSA) is 91.4 Å². The van der Waals surface area contributed by atoms with Gasteiger partial charge in [-0.2, -0.15) is 0 Å². The number of aromatic amines is 1. The average Bonchev–Trinajstić information content (AvgIpc) is 3.10. The maximum Gasteiger partial charge on any atom is 0.326 e. The monoisotopic (exact) mass is 408 g/mol. The highest BCUT2D eigenvalue weighted by Crippen LogP contribution is 2.25. The Bertz CT molecular complexity index is 1030. The molecule has 0 saturated carbocycles. The number of nitrogens with one attached hydrogen (secondary N) is 2. The Labute approximate surface area is 176 Å². The second kappa shape index (κ2) is 8.61. The van der Waals surface area contributed by atoms with E-state index in [1.54, 1.807) is 13.1 Å². The van der Waals surface area contributed by atoms with Crippen LogP contribution in [0.25, 0.3) is 10.9 Å². The zero-order valence-electron chi connectivity index (χ0n) is 17.7. The number of ether oxygens (including phenoxy) is 1. The van der Waals surface area contributed by atoms with Crippen molar-refractivity contribution in [1.82, 2.24) is 10.3 Å². The van der Waals surface area contributed by atoms with Crippen LogP contribution in [0.3, 0.4) is 0 Å². The summed E-state index contributed by atoms with van der Waals surface area (Å²) in [6.45, 7) is 7.98. The van der Waals surface area contributed by atoms with Gasteiger partial charge in [0.1, 0.15) is 11.8 Å². The molecule has 6 heteroatoms. The fourth-order valence-electron chi connectivity index (χ4n) is 3.30. The van der Waals surface area contributed by atoms with Crippen LogP contribution in [-0.2, 0) is 21.4 Å². The molecular formula is C24H28N2O4. The Balaban J connectivity index is 1.65. The third-order valence-corrected chi connectivity index (χ3v) is 5.12. The summed E-state index contributed by atoms with van der Waals surface area (Å²) in [5, 5.41) is 13.1. The molecule has 1 heterocycles. The van der Waals surface area contributed by atoms with Gasteiger partial charge in [-0.3, -0.25) is 4.79 Å². The quantitative estimate of drug-likeness (QED) is 0.550. The number of carboxylic acid groups (broad SMARTS) is 1. The first-order valence-electron chi connectivity index (χ1n) is 10.0. The smallest absolute Gasteiger partial charge is 0.326 e. The minimum Gasteiger partial charge on any atom is -0.481 e. The summed E-state index contributed by atoms with van der Waals surface area (Å²) in [4.78, 5) is 27.4. The third-order valence-electron chi connectivity index (χ3n) is 5.12. The van der Waals surface area contributed by atoms with Gasteiger partial charge in [0.05, 0.1) is 0 Å². The summed E-state index contributed by atoms with van der Waals surface area (Å²) in [6, 6.07) is 14.2. The largest absolute Gasteiger partial charge is 0.481 e. The standard InChI is InChI=1S/C24H28N2O4/c1-15(30-18-11-9-17(10-12-18)24(2,3)4)22(27)26-21(23(28)29)13-16-14-25-20-8-6-5-7-19(16)20/h5-12,14-15,21,25H,13H2,1-4H3,(H,26,27)(H,28,29). The van der Waals surface area contributed by atoms with Crippen LogP contribution in [0.2, 0.25) is 0 Å².